The number of phenols is 1. The highest BCUT2D eigenvalue weighted by atomic mass is 19.1. The quantitative estimate of drug-likeness (QED) is 0.133. The van der Waals surface area contributed by atoms with Gasteiger partial charge in [-0.15, -0.1) is 0 Å². The van der Waals surface area contributed by atoms with E-state index >= 15 is 4.39 Å². The Hall–Kier alpha value is -5.49. The van der Waals surface area contributed by atoms with Crippen LogP contribution in [0.25, 0.3) is 0 Å². The normalized spacial score (nSPS) is 21.1. The number of anilines is 1. The lowest BCUT2D eigenvalue weighted by molar-refractivity contribution is -0.136. The second kappa shape index (κ2) is 15.9. The highest BCUT2D eigenvalue weighted by Gasteiger charge is 2.39. The molecule has 0 aliphatic carbocycles. The molecule has 0 bridgehead atoms. The summed E-state index contributed by atoms with van der Waals surface area (Å²) in [5.41, 5.74) is 5.91. The van der Waals surface area contributed by atoms with Crippen LogP contribution in [0.3, 0.4) is 0 Å². The third-order valence-electron chi connectivity index (χ3n) is 11.7. The number of halogens is 2. The number of imide groups is 1. The molecule has 4 aliphatic heterocycles. The monoisotopic (exact) mass is 764 g/mol. The number of unbranched alkanes of at least 4 members (excludes halogenated alkanes) is 2. The Morgan fingerprint density at radius 2 is 1.71 bits per heavy atom. The first-order valence-electron chi connectivity index (χ1n) is 19.5. The van der Waals surface area contributed by atoms with Gasteiger partial charge in [0.25, 0.3) is 5.91 Å². The Labute approximate surface area is 325 Å². The van der Waals surface area contributed by atoms with E-state index in [0.29, 0.717) is 37.5 Å². The Balaban J connectivity index is 0.800. The van der Waals surface area contributed by atoms with Crippen LogP contribution in [0.4, 0.5) is 14.5 Å². The zero-order chi connectivity index (χ0) is 38.9. The van der Waals surface area contributed by atoms with Crippen molar-refractivity contribution in [1.29, 1.82) is 0 Å². The summed E-state index contributed by atoms with van der Waals surface area (Å²) in [7, 11) is 0. The number of phenolic OH excluding ortho intramolecular Hbond substituents is 1. The minimum Gasteiger partial charge on any atom is -0.508 e. The number of aromatic hydroxyl groups is 1. The average molecular weight is 765 g/mol. The fraction of sp³-hybridized carbons (Fsp3) is 0.386. The van der Waals surface area contributed by atoms with Crippen molar-refractivity contribution >= 4 is 23.4 Å². The van der Waals surface area contributed by atoms with E-state index in [1.807, 2.05) is 31.2 Å². The van der Waals surface area contributed by atoms with Gasteiger partial charge in [0.1, 0.15) is 23.4 Å². The van der Waals surface area contributed by atoms with E-state index in [9.17, 15) is 23.9 Å². The topological polar surface area (TPSA) is 112 Å². The molecule has 8 rings (SSSR count). The molecule has 4 aliphatic rings. The molecule has 0 aromatic heterocycles. The maximum Gasteiger partial charge on any atom is 0.255 e. The molecule has 3 amide bonds. The lowest BCUT2D eigenvalue weighted by Crippen LogP contribution is -2.52. The lowest BCUT2D eigenvalue weighted by atomic mass is 9.75. The molecule has 0 radical (unpaired) electrons. The van der Waals surface area contributed by atoms with Gasteiger partial charge in [0, 0.05) is 73.9 Å². The number of nitrogens with one attached hydrogen (secondary N) is 1. The van der Waals surface area contributed by atoms with Crippen LogP contribution >= 0.6 is 0 Å². The number of carbonyl (C=O) groups excluding carboxylic acids is 3. The van der Waals surface area contributed by atoms with Crippen LogP contribution in [0.1, 0.15) is 82.1 Å². The zero-order valence-corrected chi connectivity index (χ0v) is 31.4. The predicted octanol–water partition coefficient (Wildman–Crippen LogP) is 6.42. The molecule has 12 heteroatoms. The molecule has 3 atom stereocenters. The van der Waals surface area contributed by atoms with Gasteiger partial charge in [-0.25, -0.2) is 8.78 Å². The number of ether oxygens (including phenoxy) is 2. The van der Waals surface area contributed by atoms with E-state index in [2.05, 4.69) is 21.2 Å². The van der Waals surface area contributed by atoms with Crippen LogP contribution in [0, 0.1) is 18.6 Å². The van der Waals surface area contributed by atoms with Crippen molar-refractivity contribution in [3.05, 3.63) is 118 Å². The third-order valence-corrected chi connectivity index (χ3v) is 11.7. The van der Waals surface area contributed by atoms with Crippen molar-refractivity contribution in [2.45, 2.75) is 63.5 Å². The van der Waals surface area contributed by atoms with Gasteiger partial charge in [0.2, 0.25) is 11.8 Å². The minimum atomic E-state index is -0.618. The highest BCUT2D eigenvalue weighted by Crippen LogP contribution is 2.48. The second-order valence-electron chi connectivity index (χ2n) is 15.3. The number of piperazine rings is 1. The Morgan fingerprint density at radius 3 is 2.50 bits per heavy atom. The van der Waals surface area contributed by atoms with E-state index < -0.39 is 17.8 Å². The maximum absolute atomic E-state index is 15.6. The SMILES string of the molecule is Cc1cc(F)ccc1[C@@H]1COc2cc(O)ccc2[C@@H]1c1ccc(OCCCCCN2CCN(c3ccc4c(c3)CN(C3CCC(=O)NC3=O)C4=O)CC2)c(F)c1. The molecule has 1 unspecified atom stereocenters. The fourth-order valence-corrected chi connectivity index (χ4v) is 8.75. The van der Waals surface area contributed by atoms with E-state index in [4.69, 9.17) is 9.47 Å². The van der Waals surface area contributed by atoms with Crippen molar-refractivity contribution in [1.82, 2.24) is 15.1 Å². The van der Waals surface area contributed by atoms with E-state index in [1.54, 1.807) is 29.2 Å². The summed E-state index contributed by atoms with van der Waals surface area (Å²) in [6.07, 6.45) is 3.34. The second-order valence-corrected chi connectivity index (χ2v) is 15.3. The molecule has 0 saturated carbocycles. The van der Waals surface area contributed by atoms with E-state index in [1.165, 1.54) is 18.2 Å². The Morgan fingerprint density at radius 1 is 0.893 bits per heavy atom. The summed E-state index contributed by atoms with van der Waals surface area (Å²) >= 11 is 0. The Bertz CT molecular complexity index is 2150. The Kier molecular flexibility index (Phi) is 10.7. The molecular weight excluding hydrogens is 719 g/mol. The van der Waals surface area contributed by atoms with Gasteiger partial charge in [-0.05, 0) is 110 Å². The van der Waals surface area contributed by atoms with Crippen molar-refractivity contribution < 1.29 is 37.7 Å². The van der Waals surface area contributed by atoms with Crippen molar-refractivity contribution in [2.24, 2.45) is 0 Å². The molecule has 292 valence electrons. The molecule has 10 nitrogen and oxygen atoms in total. The number of hydrogen-bond donors (Lipinski definition) is 2. The van der Waals surface area contributed by atoms with Crippen molar-refractivity contribution in [3.63, 3.8) is 0 Å². The number of aryl methyl sites for hydroxylation is 1. The minimum absolute atomic E-state index is 0.0894. The molecule has 2 fully saturated rings. The number of nitrogens with zero attached hydrogens (tertiary/aromatic N) is 3. The molecule has 0 spiro atoms. The summed E-state index contributed by atoms with van der Waals surface area (Å²) in [6, 6.07) is 20.1. The summed E-state index contributed by atoms with van der Waals surface area (Å²) in [6.45, 7) is 7.49. The first-order chi connectivity index (χ1) is 27.1. The molecule has 56 heavy (non-hydrogen) atoms. The first-order valence-corrected chi connectivity index (χ1v) is 19.5. The number of hydrogen-bond acceptors (Lipinski definition) is 8. The number of piperidine rings is 1. The number of fused-ring (bicyclic) bond motifs is 2. The third kappa shape index (κ3) is 7.67. The van der Waals surface area contributed by atoms with Crippen LogP contribution in [0.5, 0.6) is 17.2 Å². The summed E-state index contributed by atoms with van der Waals surface area (Å²) in [5.74, 6) is -1.22. The van der Waals surface area contributed by atoms with E-state index in [-0.39, 0.29) is 47.4 Å². The lowest BCUT2D eigenvalue weighted by Gasteiger charge is -2.36. The number of amides is 3. The fourth-order valence-electron chi connectivity index (χ4n) is 8.75. The van der Waals surface area contributed by atoms with Crippen molar-refractivity contribution in [3.8, 4) is 17.2 Å². The van der Waals surface area contributed by atoms with Gasteiger partial charge in [0.15, 0.2) is 11.6 Å². The summed E-state index contributed by atoms with van der Waals surface area (Å²) in [5, 5.41) is 12.4. The molecule has 4 aromatic carbocycles. The molecule has 4 heterocycles. The van der Waals surface area contributed by atoms with Crippen LogP contribution in [-0.2, 0) is 16.1 Å². The van der Waals surface area contributed by atoms with Crippen LogP contribution in [0.2, 0.25) is 0 Å². The highest BCUT2D eigenvalue weighted by molar-refractivity contribution is 6.05. The van der Waals surface area contributed by atoms with Crippen LogP contribution < -0.4 is 19.7 Å². The van der Waals surface area contributed by atoms with Gasteiger partial charge in [-0.2, -0.15) is 0 Å². The van der Waals surface area contributed by atoms with Gasteiger partial charge in [0.05, 0.1) is 13.2 Å². The summed E-state index contributed by atoms with van der Waals surface area (Å²) < 4.78 is 41.5. The largest absolute Gasteiger partial charge is 0.508 e. The van der Waals surface area contributed by atoms with Crippen molar-refractivity contribution in [2.75, 3.05) is 50.8 Å². The zero-order valence-electron chi connectivity index (χ0n) is 31.4. The van der Waals surface area contributed by atoms with Gasteiger partial charge >= 0.3 is 0 Å². The molecule has 2 saturated heterocycles. The van der Waals surface area contributed by atoms with Crippen LogP contribution in [0.15, 0.2) is 72.8 Å². The summed E-state index contributed by atoms with van der Waals surface area (Å²) in [4.78, 5) is 43.4. The smallest absolute Gasteiger partial charge is 0.255 e. The average Bonchev–Trinajstić information content (AvgIpc) is 3.51. The molecular formula is C44H46F2N4O6. The number of rotatable bonds is 11. The van der Waals surface area contributed by atoms with E-state index in [0.717, 1.165) is 85.5 Å². The number of carbonyl (C=O) groups is 3. The molecule has 2 N–H and O–H groups in total. The standard InChI is InChI=1S/C44H46F2N4O6/c1-27-21-30(45)6-9-33(27)36-26-56-40-24-32(51)8-11-35(40)42(36)28-5-13-39(37(46)23-28)55-20-4-2-3-15-48-16-18-49(19-17-48)31-7-10-34-29(22-31)25-50(44(34)54)38-12-14-41(52)47-43(38)53/h5-11,13,21-24,36,38,42,51H,2-4,12,14-20,25-26H2,1H3,(H,47,52,53)/t36-,38?,42-/m0/s1. The van der Waals surface area contributed by atoms with Gasteiger partial charge in [-0.1, -0.05) is 18.2 Å². The predicted molar refractivity (Wildman–Crippen MR) is 206 cm³/mol. The maximum atomic E-state index is 15.6. The van der Waals surface area contributed by atoms with Crippen LogP contribution in [-0.4, -0.2) is 84.6 Å². The first kappa shape index (κ1) is 37.4. The molecule has 4 aromatic rings. The number of benzene rings is 4. The van der Waals surface area contributed by atoms with Gasteiger partial charge < -0.3 is 24.4 Å². The van der Waals surface area contributed by atoms with Gasteiger partial charge in [-0.3, -0.25) is 24.6 Å².